The van der Waals surface area contributed by atoms with Gasteiger partial charge in [0.2, 0.25) is 0 Å². The van der Waals surface area contributed by atoms with Crippen LogP contribution in [0.3, 0.4) is 0 Å². The van der Waals surface area contributed by atoms with Crippen molar-refractivity contribution in [1.29, 1.82) is 0 Å². The van der Waals surface area contributed by atoms with E-state index in [1.807, 2.05) is 0 Å². The van der Waals surface area contributed by atoms with Crippen LogP contribution in [0.5, 0.6) is 0 Å². The summed E-state index contributed by atoms with van der Waals surface area (Å²) in [7, 11) is 0. The second-order valence-corrected chi connectivity index (χ2v) is 3.46. The Labute approximate surface area is 91.8 Å². The molecule has 1 rings (SSSR count). The zero-order valence-electron chi connectivity index (χ0n) is 7.53. The molecule has 90 valence electrons. The molecule has 0 saturated heterocycles. The summed E-state index contributed by atoms with van der Waals surface area (Å²) in [6.07, 6.45) is -9.45. The maximum Gasteiger partial charge on any atom is 0.416 e. The monoisotopic (exact) mass is 262 g/mol. The first-order valence-corrected chi connectivity index (χ1v) is 4.44. The third-order valence-electron chi connectivity index (χ3n) is 1.79. The van der Waals surface area contributed by atoms with E-state index in [0.717, 1.165) is 12.1 Å². The smallest absolute Gasteiger partial charge is 0.169 e. The summed E-state index contributed by atoms with van der Waals surface area (Å²) in [6.45, 7) is 0. The quantitative estimate of drug-likeness (QED) is 0.514. The van der Waals surface area contributed by atoms with Gasteiger partial charge in [-0.1, -0.05) is 18.2 Å². The molecule has 0 saturated carbocycles. The highest BCUT2D eigenvalue weighted by Gasteiger charge is 2.40. The Morgan fingerprint density at radius 2 is 1.56 bits per heavy atom. The Kier molecular flexibility index (Phi) is 3.42. The van der Waals surface area contributed by atoms with Crippen LogP contribution in [0.25, 0.3) is 0 Å². The molecule has 0 fully saturated rings. The van der Waals surface area contributed by atoms with E-state index in [0.29, 0.717) is 12.1 Å². The summed E-state index contributed by atoms with van der Waals surface area (Å²) in [4.78, 5) is 0. The third-order valence-corrected chi connectivity index (χ3v) is 2.29. The van der Waals surface area contributed by atoms with Crippen LogP contribution in [0.1, 0.15) is 16.5 Å². The largest absolute Gasteiger partial charge is 0.416 e. The average Bonchev–Trinajstić information content (AvgIpc) is 2.14. The van der Waals surface area contributed by atoms with Crippen molar-refractivity contribution in [2.75, 3.05) is 0 Å². The molecule has 1 atom stereocenters. The minimum absolute atomic E-state index is 0.394. The second-order valence-electron chi connectivity index (χ2n) is 3.03. The lowest BCUT2D eigenvalue weighted by molar-refractivity contribution is -0.139. The Morgan fingerprint density at radius 1 is 1.00 bits per heavy atom. The Bertz CT molecular complexity index is 367. The minimum Gasteiger partial charge on any atom is -0.169 e. The van der Waals surface area contributed by atoms with E-state index in [4.69, 9.17) is 11.6 Å². The van der Waals surface area contributed by atoms with E-state index in [2.05, 4.69) is 0 Å². The van der Waals surface area contributed by atoms with Gasteiger partial charge in [-0.15, -0.1) is 11.6 Å². The number of alkyl halides is 7. The Hall–Kier alpha value is -0.910. The Balaban J connectivity index is 3.09. The van der Waals surface area contributed by atoms with Gasteiger partial charge in [0.25, 0.3) is 0 Å². The fraction of sp³-hybridized carbons (Fsp3) is 0.333. The molecular formula is C9H5ClF6. The molecule has 0 spiro atoms. The van der Waals surface area contributed by atoms with Crippen molar-refractivity contribution in [1.82, 2.24) is 0 Å². The number of benzene rings is 1. The highest BCUT2D eigenvalue weighted by atomic mass is 35.5. The van der Waals surface area contributed by atoms with Crippen LogP contribution in [-0.4, -0.2) is 6.18 Å². The van der Waals surface area contributed by atoms with Crippen LogP contribution in [0.2, 0.25) is 0 Å². The SMILES string of the molecule is FC(F)(F)c1cccc([C@@H](Cl)C(F)(F)F)c1. The van der Waals surface area contributed by atoms with Gasteiger partial charge < -0.3 is 0 Å². The zero-order valence-corrected chi connectivity index (χ0v) is 8.29. The predicted octanol–water partition coefficient (Wildman–Crippen LogP) is 4.55. The average molecular weight is 263 g/mol. The molecule has 0 radical (unpaired) electrons. The van der Waals surface area contributed by atoms with E-state index < -0.39 is 28.9 Å². The molecule has 1 aromatic carbocycles. The van der Waals surface area contributed by atoms with E-state index >= 15 is 0 Å². The van der Waals surface area contributed by atoms with E-state index in [-0.39, 0.29) is 0 Å². The first-order valence-electron chi connectivity index (χ1n) is 4.00. The number of rotatable bonds is 1. The maximum atomic E-state index is 12.2. The molecule has 0 heterocycles. The Morgan fingerprint density at radius 3 is 2.00 bits per heavy atom. The summed E-state index contributed by atoms with van der Waals surface area (Å²) in [6, 6.07) is 2.87. The van der Waals surface area contributed by atoms with Crippen LogP contribution in [-0.2, 0) is 6.18 Å². The normalized spacial score (nSPS) is 14.9. The highest BCUT2D eigenvalue weighted by Crippen LogP contribution is 2.39. The summed E-state index contributed by atoms with van der Waals surface area (Å²) in [5.41, 5.74) is -1.77. The van der Waals surface area contributed by atoms with Gasteiger partial charge in [-0.25, -0.2) is 0 Å². The van der Waals surface area contributed by atoms with Crippen molar-refractivity contribution in [3.05, 3.63) is 35.4 Å². The van der Waals surface area contributed by atoms with Gasteiger partial charge in [0.15, 0.2) is 5.38 Å². The van der Waals surface area contributed by atoms with Gasteiger partial charge in [-0.05, 0) is 11.6 Å². The highest BCUT2D eigenvalue weighted by molar-refractivity contribution is 6.21. The summed E-state index contributed by atoms with van der Waals surface area (Å²) >= 11 is 5.01. The molecular weight excluding hydrogens is 258 g/mol. The second kappa shape index (κ2) is 4.16. The van der Waals surface area contributed by atoms with Gasteiger partial charge in [0.05, 0.1) is 5.56 Å². The molecule has 0 nitrogen and oxygen atoms in total. The molecule has 0 amide bonds. The zero-order chi connectivity index (χ0) is 12.6. The predicted molar refractivity (Wildman–Crippen MR) is 46.1 cm³/mol. The van der Waals surface area contributed by atoms with Crippen LogP contribution in [0.15, 0.2) is 24.3 Å². The lowest BCUT2D eigenvalue weighted by Crippen LogP contribution is -2.16. The van der Waals surface area contributed by atoms with Crippen LogP contribution >= 0.6 is 11.6 Å². The van der Waals surface area contributed by atoms with Crippen LogP contribution in [0.4, 0.5) is 26.3 Å². The summed E-state index contributed by atoms with van der Waals surface area (Å²) in [5, 5.41) is -2.44. The summed E-state index contributed by atoms with van der Waals surface area (Å²) < 4.78 is 73.1. The van der Waals surface area contributed by atoms with E-state index in [9.17, 15) is 26.3 Å². The van der Waals surface area contributed by atoms with Gasteiger partial charge in [-0.3, -0.25) is 0 Å². The van der Waals surface area contributed by atoms with Crippen molar-refractivity contribution in [2.24, 2.45) is 0 Å². The maximum absolute atomic E-state index is 12.2. The number of halogens is 7. The molecule has 0 aliphatic heterocycles. The van der Waals surface area contributed by atoms with Crippen molar-refractivity contribution < 1.29 is 26.3 Å². The van der Waals surface area contributed by atoms with Gasteiger partial charge >= 0.3 is 12.4 Å². The molecule has 0 bridgehead atoms. The minimum atomic E-state index is -4.77. The molecule has 0 aromatic heterocycles. The fourth-order valence-corrected chi connectivity index (χ4v) is 1.20. The fourth-order valence-electron chi connectivity index (χ4n) is 1.06. The van der Waals surface area contributed by atoms with Gasteiger partial charge in [0, 0.05) is 0 Å². The van der Waals surface area contributed by atoms with Crippen LogP contribution < -0.4 is 0 Å². The first-order chi connectivity index (χ1) is 7.12. The van der Waals surface area contributed by atoms with Gasteiger partial charge in [-0.2, -0.15) is 26.3 Å². The van der Waals surface area contributed by atoms with Crippen molar-refractivity contribution in [3.63, 3.8) is 0 Å². The van der Waals surface area contributed by atoms with Crippen molar-refractivity contribution in [3.8, 4) is 0 Å². The topological polar surface area (TPSA) is 0 Å². The summed E-state index contributed by atoms with van der Waals surface area (Å²) in [5.74, 6) is 0. The molecule has 7 heteroatoms. The molecule has 16 heavy (non-hydrogen) atoms. The lowest BCUT2D eigenvalue weighted by Gasteiger charge is -2.15. The molecule has 0 aliphatic rings. The first kappa shape index (κ1) is 13.2. The lowest BCUT2D eigenvalue weighted by atomic mass is 10.1. The van der Waals surface area contributed by atoms with Gasteiger partial charge in [0.1, 0.15) is 0 Å². The van der Waals surface area contributed by atoms with E-state index in [1.54, 1.807) is 0 Å². The number of hydrogen-bond donors (Lipinski definition) is 0. The number of hydrogen-bond acceptors (Lipinski definition) is 0. The van der Waals surface area contributed by atoms with E-state index in [1.165, 1.54) is 0 Å². The standard InChI is InChI=1S/C9H5ClF6/c10-7(9(14,15)16)5-2-1-3-6(4-5)8(11,12)13/h1-4,7H/t7-/m1/s1. The van der Waals surface area contributed by atoms with Crippen molar-refractivity contribution in [2.45, 2.75) is 17.7 Å². The molecule has 0 aliphatic carbocycles. The molecule has 0 unspecified atom stereocenters. The van der Waals surface area contributed by atoms with Crippen LogP contribution in [0, 0.1) is 0 Å². The molecule has 0 N–H and O–H groups in total. The van der Waals surface area contributed by atoms with Crippen molar-refractivity contribution >= 4 is 11.6 Å². The third kappa shape index (κ3) is 3.04. The molecule has 1 aromatic rings.